The Morgan fingerprint density at radius 2 is 2.36 bits per heavy atom. The number of alkyl halides is 1. The Morgan fingerprint density at radius 1 is 1.55 bits per heavy atom. The fourth-order valence-corrected chi connectivity index (χ4v) is 2.37. The van der Waals surface area contributed by atoms with Gasteiger partial charge in [-0.1, -0.05) is 20.4 Å². The minimum atomic E-state index is 0.809. The Kier molecular flexibility index (Phi) is 2.23. The largest absolute Gasteiger partial charge is 0.143 e. The van der Waals surface area contributed by atoms with Gasteiger partial charge in [0.25, 0.3) is 0 Å². The molecule has 0 bridgehead atoms. The van der Waals surface area contributed by atoms with Crippen molar-refractivity contribution in [1.82, 2.24) is 9.59 Å². The third-order valence-corrected chi connectivity index (χ3v) is 3.19. The summed E-state index contributed by atoms with van der Waals surface area (Å²) in [4.78, 5) is 1.43. The fourth-order valence-electron chi connectivity index (χ4n) is 1.13. The number of hydrogen-bond donors (Lipinski definition) is 0. The highest BCUT2D eigenvalue weighted by molar-refractivity contribution is 9.09. The van der Waals surface area contributed by atoms with Gasteiger partial charge in [-0.3, -0.25) is 0 Å². The average Bonchev–Trinajstić information content (AvgIpc) is 2.75. The minimum absolute atomic E-state index is 0.809. The van der Waals surface area contributed by atoms with Gasteiger partial charge >= 0.3 is 0 Å². The predicted molar refractivity (Wildman–Crippen MR) is 49.4 cm³/mol. The first-order chi connectivity index (χ1) is 5.42. The molecule has 0 saturated heterocycles. The van der Waals surface area contributed by atoms with Crippen molar-refractivity contribution in [3.8, 4) is 0 Å². The zero-order chi connectivity index (χ0) is 7.68. The monoisotopic (exact) mass is 232 g/mol. The van der Waals surface area contributed by atoms with Crippen molar-refractivity contribution in [3.63, 3.8) is 0 Å². The Hall–Kier alpha value is 0.0400. The molecule has 0 unspecified atom stereocenters. The number of rotatable bonds is 3. The summed E-state index contributed by atoms with van der Waals surface area (Å²) in [6, 6.07) is 0. The first-order valence-corrected chi connectivity index (χ1v) is 5.68. The molecule has 1 fully saturated rings. The maximum absolute atomic E-state index is 4.11. The summed E-state index contributed by atoms with van der Waals surface area (Å²) in [5.41, 5.74) is 1.22. The molecule has 2 nitrogen and oxygen atoms in total. The molecule has 1 heterocycles. The molecule has 0 radical (unpaired) electrons. The van der Waals surface area contributed by atoms with E-state index in [0.29, 0.717) is 0 Å². The topological polar surface area (TPSA) is 25.8 Å². The van der Waals surface area contributed by atoms with Gasteiger partial charge in [0.15, 0.2) is 0 Å². The minimum Gasteiger partial charge on any atom is -0.143 e. The Balaban J connectivity index is 2.16. The molecule has 1 aliphatic carbocycles. The van der Waals surface area contributed by atoms with Gasteiger partial charge in [-0.15, -0.1) is 5.10 Å². The third kappa shape index (κ3) is 1.62. The first-order valence-electron chi connectivity index (χ1n) is 3.79. The van der Waals surface area contributed by atoms with Gasteiger partial charge in [0, 0.05) is 11.8 Å². The van der Waals surface area contributed by atoms with Crippen LogP contribution in [0.4, 0.5) is 0 Å². The second-order valence-corrected chi connectivity index (χ2v) is 4.38. The zero-order valence-electron chi connectivity index (χ0n) is 6.09. The average molecular weight is 233 g/mol. The summed E-state index contributed by atoms with van der Waals surface area (Å²) in [5.74, 6) is 0.809. The third-order valence-electron chi connectivity index (χ3n) is 1.86. The Labute approximate surface area is 78.3 Å². The SMILES string of the molecule is BrCCc1nnsc1C1CC1. The van der Waals surface area contributed by atoms with Crippen molar-refractivity contribution in [1.29, 1.82) is 0 Å². The predicted octanol–water partition coefficient (Wildman–Crippen LogP) is 2.35. The van der Waals surface area contributed by atoms with E-state index in [-0.39, 0.29) is 0 Å². The van der Waals surface area contributed by atoms with Crippen LogP contribution in [0.3, 0.4) is 0 Å². The fraction of sp³-hybridized carbons (Fsp3) is 0.714. The lowest BCUT2D eigenvalue weighted by Crippen LogP contribution is -1.90. The molecule has 0 aliphatic heterocycles. The summed E-state index contributed by atoms with van der Waals surface area (Å²) < 4.78 is 3.97. The van der Waals surface area contributed by atoms with E-state index in [0.717, 1.165) is 17.7 Å². The number of aryl methyl sites for hydroxylation is 1. The van der Waals surface area contributed by atoms with Crippen LogP contribution >= 0.6 is 27.5 Å². The van der Waals surface area contributed by atoms with Gasteiger partial charge in [-0.2, -0.15) is 0 Å². The summed E-state index contributed by atoms with van der Waals surface area (Å²) in [6.45, 7) is 0. The van der Waals surface area contributed by atoms with E-state index in [1.165, 1.54) is 23.4 Å². The lowest BCUT2D eigenvalue weighted by Gasteiger charge is -1.93. The van der Waals surface area contributed by atoms with Gasteiger partial charge in [-0.05, 0) is 30.3 Å². The van der Waals surface area contributed by atoms with Crippen LogP contribution in [-0.2, 0) is 6.42 Å². The Bertz CT molecular complexity index is 244. The summed E-state index contributed by atoms with van der Waals surface area (Å²) in [6.07, 6.45) is 3.72. The molecular formula is C7H9BrN2S. The number of aromatic nitrogens is 2. The van der Waals surface area contributed by atoms with E-state index in [1.54, 1.807) is 11.5 Å². The maximum atomic E-state index is 4.11. The highest BCUT2D eigenvalue weighted by Gasteiger charge is 2.28. The highest BCUT2D eigenvalue weighted by Crippen LogP contribution is 2.42. The van der Waals surface area contributed by atoms with Crippen LogP contribution in [-0.4, -0.2) is 14.9 Å². The molecule has 1 aromatic heterocycles. The van der Waals surface area contributed by atoms with E-state index in [4.69, 9.17) is 0 Å². The van der Waals surface area contributed by atoms with Crippen molar-refractivity contribution in [2.24, 2.45) is 0 Å². The molecule has 11 heavy (non-hydrogen) atoms. The normalized spacial score (nSPS) is 17.2. The van der Waals surface area contributed by atoms with E-state index >= 15 is 0 Å². The quantitative estimate of drug-likeness (QED) is 0.749. The highest BCUT2D eigenvalue weighted by atomic mass is 79.9. The van der Waals surface area contributed by atoms with Gasteiger partial charge in [0.2, 0.25) is 0 Å². The molecule has 1 aromatic rings. The van der Waals surface area contributed by atoms with E-state index in [9.17, 15) is 0 Å². The molecule has 60 valence electrons. The molecule has 1 aliphatic rings. The molecule has 0 aromatic carbocycles. The number of nitrogens with zero attached hydrogens (tertiary/aromatic N) is 2. The first kappa shape index (κ1) is 7.68. The number of hydrogen-bond acceptors (Lipinski definition) is 3. The maximum Gasteiger partial charge on any atom is 0.0798 e. The van der Waals surface area contributed by atoms with Crippen LogP contribution in [0, 0.1) is 0 Å². The van der Waals surface area contributed by atoms with Crippen LogP contribution in [0.1, 0.15) is 29.3 Å². The van der Waals surface area contributed by atoms with Crippen molar-refractivity contribution in [2.75, 3.05) is 5.33 Å². The van der Waals surface area contributed by atoms with E-state index in [1.807, 2.05) is 0 Å². The summed E-state index contributed by atoms with van der Waals surface area (Å²) >= 11 is 4.99. The molecule has 4 heteroatoms. The molecular weight excluding hydrogens is 224 g/mol. The van der Waals surface area contributed by atoms with Crippen LogP contribution < -0.4 is 0 Å². The van der Waals surface area contributed by atoms with Crippen molar-refractivity contribution < 1.29 is 0 Å². The molecule has 0 atom stereocenters. The van der Waals surface area contributed by atoms with Crippen LogP contribution in [0.15, 0.2) is 0 Å². The van der Waals surface area contributed by atoms with Crippen molar-refractivity contribution in [2.45, 2.75) is 25.2 Å². The zero-order valence-corrected chi connectivity index (χ0v) is 8.49. The molecule has 0 amide bonds. The van der Waals surface area contributed by atoms with Crippen LogP contribution in [0.5, 0.6) is 0 Å². The molecule has 0 N–H and O–H groups in total. The smallest absolute Gasteiger partial charge is 0.0798 e. The van der Waals surface area contributed by atoms with Gasteiger partial charge in [0.1, 0.15) is 0 Å². The van der Waals surface area contributed by atoms with Gasteiger partial charge < -0.3 is 0 Å². The van der Waals surface area contributed by atoms with E-state index < -0.39 is 0 Å². The number of halogens is 1. The van der Waals surface area contributed by atoms with Crippen molar-refractivity contribution in [3.05, 3.63) is 10.6 Å². The van der Waals surface area contributed by atoms with Crippen LogP contribution in [0.2, 0.25) is 0 Å². The van der Waals surface area contributed by atoms with Gasteiger partial charge in [0.05, 0.1) is 10.6 Å². The van der Waals surface area contributed by atoms with Gasteiger partial charge in [-0.25, -0.2) is 0 Å². The van der Waals surface area contributed by atoms with Crippen LogP contribution in [0.25, 0.3) is 0 Å². The summed E-state index contributed by atoms with van der Waals surface area (Å²) in [5, 5.41) is 5.10. The second-order valence-electron chi connectivity index (χ2n) is 2.80. The molecule has 1 saturated carbocycles. The molecule has 0 spiro atoms. The standard InChI is InChI=1S/C7H9BrN2S/c8-4-3-6-7(5-1-2-5)11-10-9-6/h5H,1-4H2. The Morgan fingerprint density at radius 3 is 3.00 bits per heavy atom. The van der Waals surface area contributed by atoms with Crippen molar-refractivity contribution >= 4 is 27.5 Å². The lowest BCUT2D eigenvalue weighted by molar-refractivity contribution is 0.966. The molecule has 2 rings (SSSR count). The summed E-state index contributed by atoms with van der Waals surface area (Å²) in [7, 11) is 0. The second kappa shape index (κ2) is 3.19. The van der Waals surface area contributed by atoms with E-state index in [2.05, 4.69) is 25.5 Å². The lowest BCUT2D eigenvalue weighted by atomic mass is 10.2.